The van der Waals surface area contributed by atoms with Gasteiger partial charge in [-0.2, -0.15) is 13.2 Å². The topological polar surface area (TPSA) is 77.0 Å². The van der Waals surface area contributed by atoms with Gasteiger partial charge in [0.05, 0.1) is 23.5 Å². The summed E-state index contributed by atoms with van der Waals surface area (Å²) in [5, 5.41) is 5.17. The van der Waals surface area contributed by atoms with Crippen LogP contribution in [0.3, 0.4) is 0 Å². The number of urea groups is 1. The lowest BCUT2D eigenvalue weighted by atomic mass is 10.1. The van der Waals surface area contributed by atoms with E-state index in [2.05, 4.69) is 15.6 Å². The van der Waals surface area contributed by atoms with Crippen molar-refractivity contribution in [3.8, 4) is 0 Å². The fraction of sp³-hybridized carbons (Fsp3) is 0.250. The molecule has 30 heavy (non-hydrogen) atoms. The number of piperazine rings is 1. The molecule has 0 radical (unpaired) electrons. The number of aliphatic imine (C=N–C) groups is 1. The molecule has 5 rings (SSSR count). The summed E-state index contributed by atoms with van der Waals surface area (Å²) in [5.41, 5.74) is -1.02. The molecule has 3 aliphatic rings. The van der Waals surface area contributed by atoms with Gasteiger partial charge in [-0.15, -0.1) is 0 Å². The summed E-state index contributed by atoms with van der Waals surface area (Å²) in [4.78, 5) is 32.9. The second-order valence-corrected chi connectivity index (χ2v) is 7.25. The highest BCUT2D eigenvalue weighted by atomic mass is 19.4. The number of anilines is 2. The van der Waals surface area contributed by atoms with Gasteiger partial charge in [0, 0.05) is 13.1 Å². The maximum absolute atomic E-state index is 13.2. The number of fused-ring (bicyclic) bond motifs is 3. The number of alkyl halides is 3. The summed E-state index contributed by atoms with van der Waals surface area (Å²) in [6, 6.07) is 12.1. The molecule has 2 fully saturated rings. The van der Waals surface area contributed by atoms with E-state index in [0.717, 1.165) is 17.7 Å². The van der Waals surface area contributed by atoms with E-state index in [1.165, 1.54) is 11.0 Å². The Balaban J connectivity index is 1.66. The third-order valence-corrected chi connectivity index (χ3v) is 5.51. The Morgan fingerprint density at radius 2 is 1.83 bits per heavy atom. The zero-order valence-corrected chi connectivity index (χ0v) is 15.5. The monoisotopic (exact) mass is 417 g/mol. The zero-order valence-electron chi connectivity index (χ0n) is 15.5. The first kappa shape index (κ1) is 18.5. The van der Waals surface area contributed by atoms with E-state index in [1.807, 2.05) is 30.3 Å². The predicted octanol–water partition coefficient (Wildman–Crippen LogP) is 2.80. The van der Waals surface area contributed by atoms with Crippen LogP contribution >= 0.6 is 0 Å². The first-order valence-corrected chi connectivity index (χ1v) is 9.29. The molecule has 2 N–H and O–H groups in total. The van der Waals surface area contributed by atoms with Gasteiger partial charge < -0.3 is 10.2 Å². The van der Waals surface area contributed by atoms with Gasteiger partial charge in [0.2, 0.25) is 0 Å². The van der Waals surface area contributed by atoms with Crippen molar-refractivity contribution in [3.05, 3.63) is 59.7 Å². The number of benzene rings is 2. The number of nitrogens with one attached hydrogen (secondary N) is 2. The van der Waals surface area contributed by atoms with Gasteiger partial charge in [-0.05, 0) is 23.8 Å². The van der Waals surface area contributed by atoms with Gasteiger partial charge in [-0.25, -0.2) is 4.79 Å². The molecule has 2 aromatic rings. The Morgan fingerprint density at radius 3 is 2.57 bits per heavy atom. The van der Waals surface area contributed by atoms with Gasteiger partial charge >= 0.3 is 12.2 Å². The molecular formula is C20H16F3N5O2. The van der Waals surface area contributed by atoms with E-state index in [1.54, 1.807) is 4.90 Å². The Hall–Kier alpha value is -3.56. The Labute approximate surface area is 169 Å². The average molecular weight is 417 g/mol. The highest BCUT2D eigenvalue weighted by Crippen LogP contribution is 2.44. The second kappa shape index (κ2) is 6.22. The molecule has 3 heterocycles. The fourth-order valence-corrected chi connectivity index (χ4v) is 4.13. The van der Waals surface area contributed by atoms with Crippen molar-refractivity contribution in [1.29, 1.82) is 0 Å². The molecule has 7 nitrogen and oxygen atoms in total. The van der Waals surface area contributed by atoms with Crippen molar-refractivity contribution in [2.24, 2.45) is 4.99 Å². The molecule has 154 valence electrons. The molecule has 1 unspecified atom stereocenters. The minimum absolute atomic E-state index is 0.123. The van der Waals surface area contributed by atoms with Gasteiger partial charge in [0.1, 0.15) is 0 Å². The third-order valence-electron chi connectivity index (χ3n) is 5.51. The molecule has 2 saturated heterocycles. The first-order chi connectivity index (χ1) is 14.3. The molecule has 2 bridgehead atoms. The molecule has 0 aromatic heterocycles. The number of hydrogen-bond donors (Lipinski definition) is 2. The van der Waals surface area contributed by atoms with Gasteiger partial charge in [0.25, 0.3) is 11.6 Å². The summed E-state index contributed by atoms with van der Waals surface area (Å²) in [6.45, 7) is 0.771. The van der Waals surface area contributed by atoms with E-state index < -0.39 is 29.3 Å². The summed E-state index contributed by atoms with van der Waals surface area (Å²) in [6.07, 6.45) is -4.53. The smallest absolute Gasteiger partial charge is 0.347 e. The van der Waals surface area contributed by atoms with E-state index in [9.17, 15) is 22.8 Å². The molecule has 3 amide bonds. The molecule has 2 aromatic carbocycles. The highest BCUT2D eigenvalue weighted by molar-refractivity contribution is 6.29. The lowest BCUT2D eigenvalue weighted by Gasteiger charge is -2.50. The van der Waals surface area contributed by atoms with Crippen molar-refractivity contribution in [2.75, 3.05) is 23.3 Å². The normalized spacial score (nSPS) is 23.8. The predicted molar refractivity (Wildman–Crippen MR) is 103 cm³/mol. The Kier molecular flexibility index (Phi) is 3.83. The van der Waals surface area contributed by atoms with Gasteiger partial charge in [-0.1, -0.05) is 30.3 Å². The maximum Gasteiger partial charge on any atom is 0.416 e. The summed E-state index contributed by atoms with van der Waals surface area (Å²) < 4.78 is 39.7. The number of imide groups is 1. The lowest BCUT2D eigenvalue weighted by molar-refractivity contribution is -0.137. The van der Waals surface area contributed by atoms with Crippen LogP contribution in [0.15, 0.2) is 53.5 Å². The molecule has 1 spiro atoms. The summed E-state index contributed by atoms with van der Waals surface area (Å²) >= 11 is 0. The molecule has 1 atom stereocenters. The third kappa shape index (κ3) is 2.56. The summed E-state index contributed by atoms with van der Waals surface area (Å²) in [5.74, 6) is -0.375. The average Bonchev–Trinajstić information content (AvgIpc) is 2.94. The highest BCUT2D eigenvalue weighted by Gasteiger charge is 2.63. The van der Waals surface area contributed by atoms with E-state index in [4.69, 9.17) is 0 Å². The molecule has 10 heteroatoms. The van der Waals surface area contributed by atoms with Gasteiger partial charge in [-0.3, -0.25) is 20.0 Å². The quantitative estimate of drug-likeness (QED) is 0.582. The number of amidine groups is 1. The van der Waals surface area contributed by atoms with Crippen LogP contribution in [0.4, 0.5) is 29.3 Å². The number of rotatable bonds is 2. The number of carbonyl (C=O) groups is 2. The molecule has 3 aliphatic heterocycles. The van der Waals surface area contributed by atoms with Crippen molar-refractivity contribution in [1.82, 2.24) is 10.2 Å². The summed E-state index contributed by atoms with van der Waals surface area (Å²) in [7, 11) is 0. The van der Waals surface area contributed by atoms with Crippen LogP contribution in [0, 0.1) is 0 Å². The van der Waals surface area contributed by atoms with Crippen LogP contribution in [0.1, 0.15) is 11.1 Å². The minimum Gasteiger partial charge on any atom is -0.347 e. The van der Waals surface area contributed by atoms with Gasteiger partial charge in [0.15, 0.2) is 5.84 Å². The number of halogens is 3. The van der Waals surface area contributed by atoms with Crippen molar-refractivity contribution < 1.29 is 22.8 Å². The number of carbonyl (C=O) groups excluding carboxylic acids is 2. The van der Waals surface area contributed by atoms with E-state index in [-0.39, 0.29) is 24.6 Å². The van der Waals surface area contributed by atoms with E-state index in [0.29, 0.717) is 12.2 Å². The maximum atomic E-state index is 13.2. The largest absolute Gasteiger partial charge is 0.416 e. The van der Waals surface area contributed by atoms with Crippen LogP contribution in [-0.2, 0) is 17.5 Å². The Morgan fingerprint density at radius 1 is 1.07 bits per heavy atom. The molecule has 0 saturated carbocycles. The SMILES string of the molecule is O=C1N[13C](=O)C23Nc4cc(C(F)(F)F)ccc4N(CCN12)[13C]3=NCc1ccccc1. The van der Waals surface area contributed by atoms with Crippen LogP contribution in [0.5, 0.6) is 0 Å². The molecule has 0 aliphatic carbocycles. The van der Waals surface area contributed by atoms with Crippen LogP contribution in [0.2, 0.25) is 0 Å². The number of hydrogen-bond acceptors (Lipinski definition) is 4. The molecular weight excluding hydrogens is 401 g/mol. The second-order valence-electron chi connectivity index (χ2n) is 7.25. The fourth-order valence-electron chi connectivity index (χ4n) is 4.13. The zero-order chi connectivity index (χ0) is 21.1. The van der Waals surface area contributed by atoms with Crippen LogP contribution in [-0.4, -0.2) is 41.4 Å². The first-order valence-electron chi connectivity index (χ1n) is 9.29. The standard InChI is InChI=1S/C20H16F3N5O2/c21-20(22,23)13-6-7-15-14(10-13)26-19-16(24-11-12-4-2-1-3-5-12)27(15)8-9-28(19)18(30)25-17(19)29/h1-7,10,26H,8-9,11H2,(H,25,29,30)/i16+1,17+1. The van der Waals surface area contributed by atoms with Crippen molar-refractivity contribution in [2.45, 2.75) is 18.4 Å². The van der Waals surface area contributed by atoms with Crippen LogP contribution in [0.25, 0.3) is 0 Å². The lowest BCUT2D eigenvalue weighted by Crippen LogP contribution is -2.72. The Bertz CT molecular complexity index is 1090. The van der Waals surface area contributed by atoms with Crippen molar-refractivity contribution in [3.63, 3.8) is 0 Å². The van der Waals surface area contributed by atoms with E-state index >= 15 is 0 Å². The van der Waals surface area contributed by atoms with Crippen molar-refractivity contribution >= 4 is 29.1 Å². The minimum atomic E-state index is -4.53. The van der Waals surface area contributed by atoms with Crippen LogP contribution < -0.4 is 15.5 Å². The number of nitrogens with zero attached hydrogens (tertiary/aromatic N) is 3. The number of amides is 3.